The summed E-state index contributed by atoms with van der Waals surface area (Å²) in [5.74, 6) is 0. The molecule has 4 rings (SSSR count). The van der Waals surface area contributed by atoms with Crippen molar-refractivity contribution >= 4 is 33.8 Å². The van der Waals surface area contributed by atoms with Crippen LogP contribution in [0.25, 0.3) is 21.5 Å². The molecule has 0 amide bonds. The Morgan fingerprint density at radius 1 is 1.26 bits per heavy atom. The second-order valence-electron chi connectivity index (χ2n) is 8.96. The van der Waals surface area contributed by atoms with E-state index in [4.69, 9.17) is 21.3 Å². The third-order valence-corrected chi connectivity index (χ3v) is 7.82. The van der Waals surface area contributed by atoms with Gasteiger partial charge in [0.15, 0.2) is 0 Å². The van der Waals surface area contributed by atoms with Crippen LogP contribution in [0.5, 0.6) is 0 Å². The van der Waals surface area contributed by atoms with Gasteiger partial charge in [-0.15, -0.1) is 11.3 Å². The van der Waals surface area contributed by atoms with Gasteiger partial charge < -0.3 is 9.30 Å². The van der Waals surface area contributed by atoms with Crippen LogP contribution in [0.2, 0.25) is 5.02 Å². The lowest BCUT2D eigenvalue weighted by molar-refractivity contribution is 0.124. The van der Waals surface area contributed by atoms with E-state index in [1.54, 1.807) is 18.4 Å². The Morgan fingerprint density at radius 2 is 2.03 bits per heavy atom. The minimum Gasteiger partial charge on any atom is -0.383 e. The summed E-state index contributed by atoms with van der Waals surface area (Å²) >= 11 is 8.50. The predicted octanol–water partition coefficient (Wildman–Crippen LogP) is 7.09. The SMILES string of the molecule is COCCN(Cc1csc(-c2c(C)n(C3CCCCC3)c3c(Cl)cccc23)n1)C(C)C. The highest BCUT2D eigenvalue weighted by molar-refractivity contribution is 7.13. The molecule has 0 saturated heterocycles. The van der Waals surface area contributed by atoms with Crippen LogP contribution >= 0.6 is 22.9 Å². The number of hydrogen-bond donors (Lipinski definition) is 0. The molecule has 168 valence electrons. The van der Waals surface area contributed by atoms with E-state index in [2.05, 4.69) is 47.8 Å². The van der Waals surface area contributed by atoms with Gasteiger partial charge in [0.25, 0.3) is 0 Å². The molecule has 31 heavy (non-hydrogen) atoms. The highest BCUT2D eigenvalue weighted by Gasteiger charge is 2.25. The normalized spacial score (nSPS) is 15.6. The zero-order valence-electron chi connectivity index (χ0n) is 19.2. The maximum absolute atomic E-state index is 6.76. The third kappa shape index (κ3) is 4.70. The fraction of sp³-hybridized carbons (Fsp3) is 0.560. The molecule has 0 atom stereocenters. The van der Waals surface area contributed by atoms with Crippen molar-refractivity contribution in [3.05, 3.63) is 40.0 Å². The van der Waals surface area contributed by atoms with Gasteiger partial charge in [0.2, 0.25) is 0 Å². The Bertz CT molecular complexity index is 1020. The van der Waals surface area contributed by atoms with Crippen molar-refractivity contribution in [1.82, 2.24) is 14.5 Å². The van der Waals surface area contributed by atoms with Crippen molar-refractivity contribution < 1.29 is 4.74 Å². The van der Waals surface area contributed by atoms with E-state index in [1.807, 2.05) is 6.07 Å². The first-order valence-corrected chi connectivity index (χ1v) is 12.7. The van der Waals surface area contributed by atoms with Gasteiger partial charge in [0.1, 0.15) is 5.01 Å². The minimum atomic E-state index is 0.453. The van der Waals surface area contributed by atoms with Gasteiger partial charge in [-0.25, -0.2) is 4.98 Å². The third-order valence-electron chi connectivity index (χ3n) is 6.60. The molecule has 0 aliphatic heterocycles. The van der Waals surface area contributed by atoms with E-state index in [-0.39, 0.29) is 0 Å². The number of hydrogen-bond acceptors (Lipinski definition) is 4. The van der Waals surface area contributed by atoms with Gasteiger partial charge in [0, 0.05) is 54.3 Å². The second-order valence-corrected chi connectivity index (χ2v) is 10.2. The molecule has 1 aliphatic rings. The summed E-state index contributed by atoms with van der Waals surface area (Å²) in [6.07, 6.45) is 6.43. The molecule has 0 radical (unpaired) electrons. The highest BCUT2D eigenvalue weighted by Crippen LogP contribution is 2.43. The lowest BCUT2D eigenvalue weighted by Crippen LogP contribution is -2.33. The summed E-state index contributed by atoms with van der Waals surface area (Å²) in [7, 11) is 1.76. The number of thiazole rings is 1. The molecule has 4 nitrogen and oxygen atoms in total. The maximum Gasteiger partial charge on any atom is 0.126 e. The number of nitrogens with zero attached hydrogens (tertiary/aromatic N) is 3. The van der Waals surface area contributed by atoms with Gasteiger partial charge >= 0.3 is 0 Å². The number of halogens is 1. The van der Waals surface area contributed by atoms with Crippen LogP contribution in [0.1, 0.15) is 63.4 Å². The van der Waals surface area contributed by atoms with Gasteiger partial charge in [-0.1, -0.05) is 43.0 Å². The summed E-state index contributed by atoms with van der Waals surface area (Å²) < 4.78 is 7.82. The van der Waals surface area contributed by atoms with Crippen molar-refractivity contribution in [3.63, 3.8) is 0 Å². The Hall–Kier alpha value is -1.40. The van der Waals surface area contributed by atoms with Crippen LogP contribution in [0.15, 0.2) is 23.6 Å². The quantitative estimate of drug-likeness (QED) is 0.360. The number of para-hydroxylation sites is 1. The smallest absolute Gasteiger partial charge is 0.126 e. The van der Waals surface area contributed by atoms with Crippen LogP contribution < -0.4 is 0 Å². The van der Waals surface area contributed by atoms with Gasteiger partial charge in [-0.3, -0.25) is 4.90 Å². The molecule has 2 aromatic heterocycles. The molecule has 3 aromatic rings. The number of ether oxygens (including phenoxy) is 1. The largest absolute Gasteiger partial charge is 0.383 e. The Kier molecular flexibility index (Phi) is 7.37. The van der Waals surface area contributed by atoms with E-state index >= 15 is 0 Å². The first-order valence-electron chi connectivity index (χ1n) is 11.5. The maximum atomic E-state index is 6.76. The highest BCUT2D eigenvalue weighted by atomic mass is 35.5. The summed E-state index contributed by atoms with van der Waals surface area (Å²) in [5, 5.41) is 5.40. The molecule has 0 unspecified atom stereocenters. The van der Waals surface area contributed by atoms with Crippen molar-refractivity contribution in [1.29, 1.82) is 0 Å². The van der Waals surface area contributed by atoms with Crippen LogP contribution in [-0.2, 0) is 11.3 Å². The summed E-state index contributed by atoms with van der Waals surface area (Å²) in [4.78, 5) is 7.50. The number of methoxy groups -OCH3 is 1. The summed E-state index contributed by atoms with van der Waals surface area (Å²) in [5.41, 5.74) is 4.87. The molecule has 1 aliphatic carbocycles. The van der Waals surface area contributed by atoms with Crippen molar-refractivity contribution in [2.45, 2.75) is 71.5 Å². The zero-order chi connectivity index (χ0) is 22.0. The van der Waals surface area contributed by atoms with Gasteiger partial charge in [-0.2, -0.15) is 0 Å². The van der Waals surface area contributed by atoms with Gasteiger partial charge in [0.05, 0.1) is 22.8 Å². The van der Waals surface area contributed by atoms with Crippen molar-refractivity contribution in [2.24, 2.45) is 0 Å². The molecule has 6 heteroatoms. The van der Waals surface area contributed by atoms with E-state index < -0.39 is 0 Å². The van der Waals surface area contributed by atoms with Crippen LogP contribution in [0.4, 0.5) is 0 Å². The Balaban J connectivity index is 1.72. The molecule has 1 saturated carbocycles. The van der Waals surface area contributed by atoms with Crippen LogP contribution in [0.3, 0.4) is 0 Å². The van der Waals surface area contributed by atoms with Crippen LogP contribution in [-0.4, -0.2) is 40.8 Å². The zero-order valence-corrected chi connectivity index (χ0v) is 20.7. The number of fused-ring (bicyclic) bond motifs is 1. The monoisotopic (exact) mass is 459 g/mol. The lowest BCUT2D eigenvalue weighted by Gasteiger charge is -2.26. The molecule has 1 fully saturated rings. The molecule has 0 spiro atoms. The number of aromatic nitrogens is 2. The fourth-order valence-electron chi connectivity index (χ4n) is 4.94. The van der Waals surface area contributed by atoms with Gasteiger partial charge in [-0.05, 0) is 39.7 Å². The second kappa shape index (κ2) is 10.0. The molecular formula is C25H34ClN3OS. The lowest BCUT2D eigenvalue weighted by atomic mass is 9.95. The fourth-order valence-corrected chi connectivity index (χ4v) is 6.13. The molecular weight excluding hydrogens is 426 g/mol. The minimum absolute atomic E-state index is 0.453. The van der Waals surface area contributed by atoms with E-state index in [9.17, 15) is 0 Å². The van der Waals surface area contributed by atoms with Crippen molar-refractivity contribution in [2.75, 3.05) is 20.3 Å². The number of benzene rings is 1. The molecule has 0 bridgehead atoms. The van der Waals surface area contributed by atoms with E-state index in [0.717, 1.165) is 35.4 Å². The summed E-state index contributed by atoms with van der Waals surface area (Å²) in [6, 6.07) is 7.29. The van der Waals surface area contributed by atoms with Crippen molar-refractivity contribution in [3.8, 4) is 10.6 Å². The van der Waals surface area contributed by atoms with Crippen LogP contribution in [0, 0.1) is 6.92 Å². The molecule has 1 aromatic carbocycles. The molecule has 0 N–H and O–H groups in total. The van der Waals surface area contributed by atoms with E-state index in [0.29, 0.717) is 12.1 Å². The Morgan fingerprint density at radius 3 is 2.74 bits per heavy atom. The first-order chi connectivity index (χ1) is 15.0. The molecule has 2 heterocycles. The predicted molar refractivity (Wildman–Crippen MR) is 132 cm³/mol. The first kappa shape index (κ1) is 22.8. The average molecular weight is 460 g/mol. The standard InChI is InChI=1S/C25H34ClN3OS/c1-17(2)28(13-14-30-4)15-19-16-31-25(27-19)23-18(3)29(20-9-6-5-7-10-20)24-21(23)11-8-12-22(24)26/h8,11-12,16-17,20H,5-7,9-10,13-15H2,1-4H3. The Labute approximate surface area is 195 Å². The van der Waals surface area contributed by atoms with E-state index in [1.165, 1.54) is 54.3 Å². The average Bonchev–Trinajstić information content (AvgIpc) is 3.33. The topological polar surface area (TPSA) is 30.3 Å². The summed E-state index contributed by atoms with van der Waals surface area (Å²) in [6.45, 7) is 9.21. The number of rotatable bonds is 8.